The smallest absolute Gasteiger partial charge is 0.316 e. The molecule has 3 rings (SSSR count). The number of hydrogen-bond acceptors (Lipinski definition) is 5. The van der Waals surface area contributed by atoms with Gasteiger partial charge in [-0.25, -0.2) is 8.78 Å². The van der Waals surface area contributed by atoms with Gasteiger partial charge in [-0.15, -0.1) is 0 Å². The number of aromatic amines is 1. The molecule has 0 saturated heterocycles. The van der Waals surface area contributed by atoms with E-state index in [1.54, 1.807) is 19.9 Å². The highest BCUT2D eigenvalue weighted by Crippen LogP contribution is 2.34. The van der Waals surface area contributed by atoms with E-state index in [4.69, 9.17) is 0 Å². The summed E-state index contributed by atoms with van der Waals surface area (Å²) in [5.74, 6) is -3.18. The third-order valence-corrected chi connectivity index (χ3v) is 7.30. The predicted molar refractivity (Wildman–Crippen MR) is 161 cm³/mol. The highest BCUT2D eigenvalue weighted by Gasteiger charge is 2.30. The van der Waals surface area contributed by atoms with Crippen LogP contribution in [0.5, 0.6) is 0 Å². The molecular weight excluding hydrogens is 558 g/mol. The number of carboxylic acids is 1. The van der Waals surface area contributed by atoms with Crippen LogP contribution in [0.3, 0.4) is 0 Å². The predicted octanol–water partition coefficient (Wildman–Crippen LogP) is 4.43. The minimum Gasteiger partial charge on any atom is -0.481 e. The molecule has 43 heavy (non-hydrogen) atoms. The molecule has 2 atom stereocenters. The summed E-state index contributed by atoms with van der Waals surface area (Å²) in [5.41, 5.74) is 1.27. The number of carboxylic acid groups (broad SMARTS) is 1. The molecule has 0 spiro atoms. The van der Waals surface area contributed by atoms with Crippen molar-refractivity contribution in [1.82, 2.24) is 19.8 Å². The van der Waals surface area contributed by atoms with Gasteiger partial charge >= 0.3 is 17.1 Å². The molecule has 2 unspecified atom stereocenters. The average molecular weight is 599 g/mol. The third kappa shape index (κ3) is 8.25. The van der Waals surface area contributed by atoms with Crippen LogP contribution in [0.15, 0.2) is 40.1 Å². The van der Waals surface area contributed by atoms with Gasteiger partial charge in [0.05, 0.1) is 12.5 Å². The first-order valence-corrected chi connectivity index (χ1v) is 14.2. The summed E-state index contributed by atoms with van der Waals surface area (Å²) in [6, 6.07) is 3.33. The van der Waals surface area contributed by atoms with E-state index >= 15 is 4.39 Å². The summed E-state index contributed by atoms with van der Waals surface area (Å²) in [7, 11) is 3.72. The lowest BCUT2D eigenvalue weighted by Crippen LogP contribution is -2.45. The molecule has 1 amide bonds. The van der Waals surface area contributed by atoms with Crippen LogP contribution in [0.1, 0.15) is 66.7 Å². The topological polar surface area (TPSA) is 124 Å². The maximum atomic E-state index is 15.7. The van der Waals surface area contributed by atoms with Crippen molar-refractivity contribution >= 4 is 11.9 Å². The number of likely N-dealkylation sites (N-methyl/N-ethyl adjacent to an activating group) is 1. The van der Waals surface area contributed by atoms with Gasteiger partial charge in [-0.05, 0) is 99.3 Å². The maximum Gasteiger partial charge on any atom is 0.316 e. The Balaban J connectivity index is 2.11. The molecule has 232 valence electrons. The quantitative estimate of drug-likeness (QED) is 0.265. The molecular formula is C32H40F2N4O5. The lowest BCUT2D eigenvalue weighted by Gasteiger charge is -2.26. The zero-order chi connectivity index (χ0) is 32.2. The number of amides is 1. The molecule has 11 heteroatoms. The number of hydrogen-bond donors (Lipinski definition) is 3. The van der Waals surface area contributed by atoms with Crippen molar-refractivity contribution in [3.63, 3.8) is 0 Å². The van der Waals surface area contributed by atoms with Crippen LogP contribution >= 0.6 is 0 Å². The molecule has 9 nitrogen and oxygen atoms in total. The minimum absolute atomic E-state index is 0.0536. The zero-order valence-corrected chi connectivity index (χ0v) is 25.7. The van der Waals surface area contributed by atoms with Crippen LogP contribution in [0.2, 0.25) is 0 Å². The molecule has 0 aliphatic carbocycles. The Morgan fingerprint density at radius 3 is 2.21 bits per heavy atom. The molecule has 0 radical (unpaired) electrons. The second kappa shape index (κ2) is 13.9. The molecule has 1 heterocycles. The molecule has 0 bridgehead atoms. The number of carbonyl (C=O) groups excluding carboxylic acids is 1. The van der Waals surface area contributed by atoms with Crippen molar-refractivity contribution in [2.45, 2.75) is 66.0 Å². The van der Waals surface area contributed by atoms with Gasteiger partial charge in [0.15, 0.2) is 0 Å². The van der Waals surface area contributed by atoms with Crippen LogP contribution in [0.4, 0.5) is 8.78 Å². The third-order valence-electron chi connectivity index (χ3n) is 7.30. The SMILES string of the molecule is Cc1cc(-c2c(C)cc(F)cc2C)cc(C(CC(=O)O)NC(=O)C(CC(C)C)n2cc(CCN(C)C)[nH]c(=O)c2=O)c1F. The van der Waals surface area contributed by atoms with Crippen LogP contribution in [-0.4, -0.2) is 52.1 Å². The fourth-order valence-electron chi connectivity index (χ4n) is 5.31. The summed E-state index contributed by atoms with van der Waals surface area (Å²) in [4.78, 5) is 55.7. The first-order chi connectivity index (χ1) is 20.1. The summed E-state index contributed by atoms with van der Waals surface area (Å²) >= 11 is 0. The van der Waals surface area contributed by atoms with Gasteiger partial charge in [-0.3, -0.25) is 23.7 Å². The van der Waals surface area contributed by atoms with Crippen LogP contribution in [0.25, 0.3) is 11.1 Å². The van der Waals surface area contributed by atoms with Gasteiger partial charge in [-0.2, -0.15) is 0 Å². The van der Waals surface area contributed by atoms with E-state index in [1.165, 1.54) is 31.3 Å². The average Bonchev–Trinajstić information content (AvgIpc) is 2.88. The van der Waals surface area contributed by atoms with Crippen molar-refractivity contribution < 1.29 is 23.5 Å². The second-order valence-electron chi connectivity index (χ2n) is 11.8. The monoisotopic (exact) mass is 598 g/mol. The van der Waals surface area contributed by atoms with Crippen LogP contribution < -0.4 is 16.4 Å². The standard InChI is InChI=1S/C32H40F2N4O5/c1-17(2)10-26(38-16-23(8-9-37(6)7)35-31(42)32(38)43)30(41)36-25(15-27(39)40)24-14-21(11-20(5)29(24)34)28-18(3)12-22(33)13-19(28)4/h11-14,16-17,25-26H,8-10,15H2,1-7H3,(H,35,42)(H,36,41)(H,39,40). The van der Waals surface area contributed by atoms with Gasteiger partial charge in [0.25, 0.3) is 0 Å². The summed E-state index contributed by atoms with van der Waals surface area (Å²) in [5, 5.41) is 12.4. The van der Waals surface area contributed by atoms with Crippen molar-refractivity contribution in [2.75, 3.05) is 20.6 Å². The van der Waals surface area contributed by atoms with Gasteiger partial charge in [0.1, 0.15) is 17.7 Å². The number of aliphatic carboxylic acids is 1. The molecule has 1 aromatic heterocycles. The Morgan fingerprint density at radius 1 is 1.02 bits per heavy atom. The fraction of sp³-hybridized carbons (Fsp3) is 0.438. The largest absolute Gasteiger partial charge is 0.481 e. The zero-order valence-electron chi connectivity index (χ0n) is 25.7. The number of benzene rings is 2. The molecule has 0 saturated carbocycles. The molecule has 2 aromatic carbocycles. The van der Waals surface area contributed by atoms with E-state index < -0.39 is 53.1 Å². The number of halogens is 2. The van der Waals surface area contributed by atoms with E-state index in [0.717, 1.165) is 4.57 Å². The Hall–Kier alpha value is -4.12. The molecule has 0 fully saturated rings. The van der Waals surface area contributed by atoms with E-state index in [1.807, 2.05) is 32.8 Å². The number of aryl methyl sites for hydroxylation is 3. The number of H-pyrrole nitrogens is 1. The second-order valence-corrected chi connectivity index (χ2v) is 11.8. The van der Waals surface area contributed by atoms with E-state index in [9.17, 15) is 28.7 Å². The molecule has 0 aliphatic rings. The first-order valence-electron chi connectivity index (χ1n) is 14.2. The van der Waals surface area contributed by atoms with E-state index in [2.05, 4.69) is 10.3 Å². The molecule has 3 N–H and O–H groups in total. The van der Waals surface area contributed by atoms with E-state index in [-0.39, 0.29) is 23.5 Å². The summed E-state index contributed by atoms with van der Waals surface area (Å²) in [6.45, 7) is 9.26. The normalized spacial score (nSPS) is 12.9. The van der Waals surface area contributed by atoms with Gasteiger partial charge in [0.2, 0.25) is 5.91 Å². The van der Waals surface area contributed by atoms with Crippen molar-refractivity contribution in [1.29, 1.82) is 0 Å². The van der Waals surface area contributed by atoms with Gasteiger partial charge in [0, 0.05) is 30.4 Å². The highest BCUT2D eigenvalue weighted by molar-refractivity contribution is 5.82. The van der Waals surface area contributed by atoms with Gasteiger partial charge < -0.3 is 20.3 Å². The molecule has 3 aromatic rings. The Bertz CT molecular complexity index is 1600. The Labute approximate surface area is 249 Å². The van der Waals surface area contributed by atoms with Crippen molar-refractivity contribution in [2.24, 2.45) is 5.92 Å². The number of aromatic nitrogens is 2. The lowest BCUT2D eigenvalue weighted by molar-refractivity contribution is -0.138. The number of carbonyl (C=O) groups is 2. The Morgan fingerprint density at radius 2 is 1.65 bits per heavy atom. The summed E-state index contributed by atoms with van der Waals surface area (Å²) < 4.78 is 30.7. The van der Waals surface area contributed by atoms with Gasteiger partial charge in [-0.1, -0.05) is 13.8 Å². The van der Waals surface area contributed by atoms with Crippen LogP contribution in [0, 0.1) is 38.3 Å². The lowest BCUT2D eigenvalue weighted by atomic mass is 9.90. The summed E-state index contributed by atoms with van der Waals surface area (Å²) in [6.07, 6.45) is 1.38. The number of nitrogens with one attached hydrogen (secondary N) is 2. The molecule has 0 aliphatic heterocycles. The highest BCUT2D eigenvalue weighted by atomic mass is 19.1. The van der Waals surface area contributed by atoms with Crippen molar-refractivity contribution in [3.05, 3.63) is 90.8 Å². The fourth-order valence-corrected chi connectivity index (χ4v) is 5.31. The first kappa shape index (κ1) is 33.4. The number of rotatable bonds is 12. The number of nitrogens with zero attached hydrogens (tertiary/aromatic N) is 2. The van der Waals surface area contributed by atoms with Crippen LogP contribution in [-0.2, 0) is 16.0 Å². The minimum atomic E-state index is -1.30. The van der Waals surface area contributed by atoms with E-state index in [0.29, 0.717) is 40.9 Å². The Kier molecular flexibility index (Phi) is 10.8. The van der Waals surface area contributed by atoms with Crippen molar-refractivity contribution in [3.8, 4) is 11.1 Å². The maximum absolute atomic E-state index is 15.7.